The van der Waals surface area contributed by atoms with Crippen LogP contribution < -0.4 is 15.4 Å². The molecule has 1 aliphatic rings. The Morgan fingerprint density at radius 3 is 2.29 bits per heavy atom. The molecular weight excluding hydrogens is 296 g/mol. The Morgan fingerprint density at radius 2 is 1.62 bits per heavy atom. The second kappa shape index (κ2) is 8.32. The smallest absolute Gasteiger partial charge is 0.123 e. The van der Waals surface area contributed by atoms with Gasteiger partial charge in [0.05, 0.1) is 7.11 Å². The summed E-state index contributed by atoms with van der Waals surface area (Å²) in [4.78, 5) is 0. The Hall–Kier alpha value is -1.84. The van der Waals surface area contributed by atoms with Crippen LogP contribution in [0, 0.1) is 0 Å². The average molecular weight is 324 g/mol. The van der Waals surface area contributed by atoms with Crippen LogP contribution >= 0.6 is 0 Å². The van der Waals surface area contributed by atoms with E-state index < -0.39 is 0 Å². The maximum atomic E-state index is 5.56. The lowest BCUT2D eigenvalue weighted by Crippen LogP contribution is -2.38. The zero-order valence-electron chi connectivity index (χ0n) is 14.7. The van der Waals surface area contributed by atoms with Gasteiger partial charge in [0.2, 0.25) is 0 Å². The van der Waals surface area contributed by atoms with Gasteiger partial charge in [-0.15, -0.1) is 0 Å². The predicted octanol–water partition coefficient (Wildman–Crippen LogP) is 3.98. The number of methoxy groups -OCH3 is 1. The van der Waals surface area contributed by atoms with E-state index in [1.165, 1.54) is 42.4 Å². The van der Waals surface area contributed by atoms with E-state index in [0.29, 0.717) is 12.1 Å². The van der Waals surface area contributed by atoms with E-state index >= 15 is 0 Å². The average Bonchev–Trinajstić information content (AvgIpc) is 2.67. The number of hydrogen-bond donors (Lipinski definition) is 2. The van der Waals surface area contributed by atoms with Gasteiger partial charge < -0.3 is 15.4 Å². The predicted molar refractivity (Wildman–Crippen MR) is 100 cm³/mol. The summed E-state index contributed by atoms with van der Waals surface area (Å²) in [5, 5.41) is 7.12. The first-order valence-corrected chi connectivity index (χ1v) is 8.93. The van der Waals surface area contributed by atoms with Crippen molar-refractivity contribution in [1.29, 1.82) is 0 Å². The molecule has 128 valence electrons. The third kappa shape index (κ3) is 4.16. The van der Waals surface area contributed by atoms with Crippen LogP contribution in [0.1, 0.15) is 31.2 Å². The van der Waals surface area contributed by atoms with Gasteiger partial charge in [0.25, 0.3) is 0 Å². The summed E-state index contributed by atoms with van der Waals surface area (Å²) in [6.07, 6.45) is 5.00. The van der Waals surface area contributed by atoms with Crippen LogP contribution in [0.15, 0.2) is 48.5 Å². The van der Waals surface area contributed by atoms with E-state index in [-0.39, 0.29) is 0 Å². The molecule has 1 aliphatic carbocycles. The topological polar surface area (TPSA) is 33.3 Å². The van der Waals surface area contributed by atoms with Crippen LogP contribution in [0.4, 0.5) is 0 Å². The van der Waals surface area contributed by atoms with Crippen molar-refractivity contribution in [2.45, 2.75) is 44.3 Å². The van der Waals surface area contributed by atoms with Gasteiger partial charge in [0.1, 0.15) is 5.75 Å². The molecule has 0 aliphatic heterocycles. The first-order chi connectivity index (χ1) is 11.8. The highest BCUT2D eigenvalue weighted by atomic mass is 16.5. The molecule has 0 radical (unpaired) electrons. The first-order valence-electron chi connectivity index (χ1n) is 8.93. The van der Waals surface area contributed by atoms with Gasteiger partial charge in [0, 0.05) is 24.2 Å². The third-order valence-corrected chi connectivity index (χ3v) is 5.10. The summed E-state index contributed by atoms with van der Waals surface area (Å²) in [5.41, 5.74) is 3.72. The Balaban J connectivity index is 1.68. The van der Waals surface area contributed by atoms with Crippen LogP contribution in [0.25, 0.3) is 11.1 Å². The highest BCUT2D eigenvalue weighted by Crippen LogP contribution is 2.27. The van der Waals surface area contributed by atoms with Crippen molar-refractivity contribution in [2.75, 3.05) is 14.2 Å². The quantitative estimate of drug-likeness (QED) is 0.843. The van der Waals surface area contributed by atoms with E-state index in [9.17, 15) is 0 Å². The van der Waals surface area contributed by atoms with Gasteiger partial charge in [-0.3, -0.25) is 0 Å². The molecule has 0 atom stereocenters. The van der Waals surface area contributed by atoms with Crippen molar-refractivity contribution >= 4 is 0 Å². The zero-order chi connectivity index (χ0) is 16.8. The van der Waals surface area contributed by atoms with Crippen LogP contribution in [0.3, 0.4) is 0 Å². The van der Waals surface area contributed by atoms with Gasteiger partial charge >= 0.3 is 0 Å². The molecule has 2 N–H and O–H groups in total. The number of rotatable bonds is 6. The van der Waals surface area contributed by atoms with Crippen molar-refractivity contribution in [1.82, 2.24) is 10.6 Å². The molecule has 3 nitrogen and oxygen atoms in total. The summed E-state index contributed by atoms with van der Waals surface area (Å²) < 4.78 is 5.56. The molecule has 0 saturated heterocycles. The Labute approximate surface area is 145 Å². The molecule has 1 fully saturated rings. The van der Waals surface area contributed by atoms with Crippen molar-refractivity contribution in [2.24, 2.45) is 0 Å². The number of ether oxygens (including phenoxy) is 1. The highest BCUT2D eigenvalue weighted by molar-refractivity contribution is 5.65. The van der Waals surface area contributed by atoms with Gasteiger partial charge in [0.15, 0.2) is 0 Å². The molecule has 0 aromatic heterocycles. The molecule has 3 rings (SSSR count). The molecular formula is C21H28N2O. The molecule has 0 unspecified atom stereocenters. The van der Waals surface area contributed by atoms with Crippen molar-refractivity contribution in [3.63, 3.8) is 0 Å². The lowest BCUT2D eigenvalue weighted by molar-refractivity contribution is 0.315. The second-order valence-corrected chi connectivity index (χ2v) is 6.61. The molecule has 0 amide bonds. The molecule has 2 aromatic rings. The molecule has 1 saturated carbocycles. The van der Waals surface area contributed by atoms with Crippen molar-refractivity contribution in [3.05, 3.63) is 54.1 Å². The van der Waals surface area contributed by atoms with E-state index in [0.717, 1.165) is 12.3 Å². The first kappa shape index (κ1) is 17.0. The molecule has 24 heavy (non-hydrogen) atoms. The van der Waals surface area contributed by atoms with Crippen LogP contribution in [-0.2, 0) is 6.54 Å². The van der Waals surface area contributed by atoms with Crippen LogP contribution in [-0.4, -0.2) is 26.2 Å². The minimum Gasteiger partial charge on any atom is -0.496 e. The molecule has 0 heterocycles. The van der Waals surface area contributed by atoms with Gasteiger partial charge in [-0.2, -0.15) is 0 Å². The van der Waals surface area contributed by atoms with E-state index in [2.05, 4.69) is 66.2 Å². The normalized spacial score (nSPS) is 20.8. The summed E-state index contributed by atoms with van der Waals surface area (Å²) in [6.45, 7) is 0.860. The fraction of sp³-hybridized carbons (Fsp3) is 0.429. The van der Waals surface area contributed by atoms with Crippen LogP contribution in [0.5, 0.6) is 5.75 Å². The van der Waals surface area contributed by atoms with Crippen molar-refractivity contribution in [3.8, 4) is 16.9 Å². The number of benzene rings is 2. The molecule has 2 aromatic carbocycles. The number of nitrogens with one attached hydrogen (secondary N) is 2. The van der Waals surface area contributed by atoms with E-state index in [1.807, 2.05) is 0 Å². The fourth-order valence-electron chi connectivity index (χ4n) is 3.57. The second-order valence-electron chi connectivity index (χ2n) is 6.61. The summed E-state index contributed by atoms with van der Waals surface area (Å²) >= 11 is 0. The van der Waals surface area contributed by atoms with E-state index in [4.69, 9.17) is 4.74 Å². The maximum Gasteiger partial charge on any atom is 0.123 e. The minimum atomic E-state index is 0.611. The summed E-state index contributed by atoms with van der Waals surface area (Å²) in [5.74, 6) is 0.964. The highest BCUT2D eigenvalue weighted by Gasteiger charge is 2.19. The summed E-state index contributed by atoms with van der Waals surface area (Å²) in [6, 6.07) is 18.3. The minimum absolute atomic E-state index is 0.611. The van der Waals surface area contributed by atoms with Crippen molar-refractivity contribution < 1.29 is 4.74 Å². The molecule has 3 heteroatoms. The Kier molecular flexibility index (Phi) is 5.89. The maximum absolute atomic E-state index is 5.56. The largest absolute Gasteiger partial charge is 0.496 e. The zero-order valence-corrected chi connectivity index (χ0v) is 14.7. The van der Waals surface area contributed by atoms with Crippen LogP contribution in [0.2, 0.25) is 0 Å². The Morgan fingerprint density at radius 1 is 0.917 bits per heavy atom. The SMILES string of the molecule is CNC1CCC(NCc2cc(-c3ccccc3)ccc2OC)CC1. The summed E-state index contributed by atoms with van der Waals surface area (Å²) in [7, 11) is 3.82. The standard InChI is InChI=1S/C21H28N2O/c1-22-19-9-11-20(12-10-19)23-15-18-14-17(8-13-21(18)24-2)16-6-4-3-5-7-16/h3-8,13-14,19-20,22-23H,9-12,15H2,1-2H3. The molecule has 0 spiro atoms. The number of hydrogen-bond acceptors (Lipinski definition) is 3. The Bertz CT molecular complexity index is 634. The lowest BCUT2D eigenvalue weighted by Gasteiger charge is -2.29. The third-order valence-electron chi connectivity index (χ3n) is 5.10. The van der Waals surface area contributed by atoms with E-state index in [1.54, 1.807) is 7.11 Å². The molecule has 0 bridgehead atoms. The van der Waals surface area contributed by atoms with Gasteiger partial charge in [-0.25, -0.2) is 0 Å². The monoisotopic (exact) mass is 324 g/mol. The van der Waals surface area contributed by atoms with Gasteiger partial charge in [-0.05, 0) is 56.0 Å². The fourth-order valence-corrected chi connectivity index (χ4v) is 3.57. The van der Waals surface area contributed by atoms with Gasteiger partial charge in [-0.1, -0.05) is 36.4 Å². The lowest BCUT2D eigenvalue weighted by atomic mass is 9.91.